The van der Waals surface area contributed by atoms with E-state index < -0.39 is 23.4 Å². The lowest BCUT2D eigenvalue weighted by molar-refractivity contribution is 0.0951. The van der Waals surface area contributed by atoms with Crippen LogP contribution in [0.3, 0.4) is 0 Å². The number of benzene rings is 3. The number of hydrogen-bond donors (Lipinski definition) is 0. The van der Waals surface area contributed by atoms with Crippen LogP contribution in [0.1, 0.15) is 27.4 Å². The summed E-state index contributed by atoms with van der Waals surface area (Å²) in [4.78, 5) is 15.9. The lowest BCUT2D eigenvalue weighted by atomic mass is 9.69. The van der Waals surface area contributed by atoms with E-state index >= 15 is 0 Å². The van der Waals surface area contributed by atoms with Crippen LogP contribution in [-0.2, 0) is 0 Å². The van der Waals surface area contributed by atoms with Gasteiger partial charge in [-0.3, -0.25) is 4.79 Å². The predicted octanol–water partition coefficient (Wildman–Crippen LogP) is 5.62. The van der Waals surface area contributed by atoms with Crippen LogP contribution in [0, 0.1) is 28.1 Å². The molecule has 32 heavy (non-hydrogen) atoms. The third-order valence-corrected chi connectivity index (χ3v) is 6.69. The number of rotatable bonds is 3. The third-order valence-electron chi connectivity index (χ3n) is 6.45. The molecule has 3 atom stereocenters. The fraction of sp³-hybridized carbons (Fsp3) is 0.148. The average Bonchev–Trinajstić information content (AvgIpc) is 3.15. The molecule has 0 aliphatic carbocycles. The molecule has 2 heterocycles. The Morgan fingerprint density at radius 3 is 2.25 bits per heavy atom. The van der Waals surface area contributed by atoms with Gasteiger partial charge in [-0.2, -0.15) is 10.5 Å². The van der Waals surface area contributed by atoms with Crippen molar-refractivity contribution in [3.8, 4) is 12.1 Å². The molecule has 5 rings (SSSR count). The standard InChI is InChI=1S/C27H18ClN3O/c28-21-12-13-22-20(15-21)11-14-23-27(16-29,17-30)24(18-7-3-1-4-8-18)25(31(22)23)26(32)19-9-5-2-6-10-19/h1-15,23-25H/t23-,24-,25+/m0/s1. The normalized spacial score (nSPS) is 22.3. The molecule has 3 aromatic rings. The summed E-state index contributed by atoms with van der Waals surface area (Å²) in [5.41, 5.74) is 1.56. The van der Waals surface area contributed by atoms with Crippen molar-refractivity contribution < 1.29 is 4.79 Å². The molecule has 3 aromatic carbocycles. The Kier molecular flexibility index (Phi) is 4.82. The zero-order valence-electron chi connectivity index (χ0n) is 17.0. The quantitative estimate of drug-likeness (QED) is 0.500. The van der Waals surface area contributed by atoms with Crippen molar-refractivity contribution in [2.45, 2.75) is 18.0 Å². The van der Waals surface area contributed by atoms with Gasteiger partial charge in [0.25, 0.3) is 0 Å². The van der Waals surface area contributed by atoms with Gasteiger partial charge >= 0.3 is 0 Å². The highest BCUT2D eigenvalue weighted by molar-refractivity contribution is 6.30. The van der Waals surface area contributed by atoms with Crippen LogP contribution in [0.4, 0.5) is 5.69 Å². The molecule has 154 valence electrons. The molecule has 5 heteroatoms. The number of carbonyl (C=O) groups excluding carboxylic acids is 1. The zero-order valence-corrected chi connectivity index (χ0v) is 17.8. The van der Waals surface area contributed by atoms with Crippen LogP contribution >= 0.6 is 11.6 Å². The van der Waals surface area contributed by atoms with E-state index in [1.807, 2.05) is 77.7 Å². The Bertz CT molecular complexity index is 1290. The van der Waals surface area contributed by atoms with Crippen LogP contribution in [0.15, 0.2) is 84.9 Å². The summed E-state index contributed by atoms with van der Waals surface area (Å²) in [7, 11) is 0. The summed E-state index contributed by atoms with van der Waals surface area (Å²) in [6.07, 6.45) is 3.75. The monoisotopic (exact) mass is 435 g/mol. The molecule has 0 amide bonds. The van der Waals surface area contributed by atoms with E-state index in [1.54, 1.807) is 18.2 Å². The van der Waals surface area contributed by atoms with Gasteiger partial charge in [0.15, 0.2) is 11.2 Å². The van der Waals surface area contributed by atoms with E-state index in [1.165, 1.54) is 0 Å². The van der Waals surface area contributed by atoms with Gasteiger partial charge in [0, 0.05) is 22.2 Å². The van der Waals surface area contributed by atoms with Crippen molar-refractivity contribution in [2.75, 3.05) is 4.90 Å². The lowest BCUT2D eigenvalue weighted by Crippen LogP contribution is -2.44. The highest BCUT2D eigenvalue weighted by Gasteiger charge is 2.63. The van der Waals surface area contributed by atoms with E-state index in [4.69, 9.17) is 11.6 Å². The van der Waals surface area contributed by atoms with E-state index in [-0.39, 0.29) is 5.78 Å². The minimum absolute atomic E-state index is 0.118. The Hall–Kier alpha value is -3.86. The molecule has 1 fully saturated rings. The lowest BCUT2D eigenvalue weighted by Gasteiger charge is -2.35. The highest BCUT2D eigenvalue weighted by Crippen LogP contribution is 2.55. The van der Waals surface area contributed by atoms with Crippen LogP contribution in [0.5, 0.6) is 0 Å². The van der Waals surface area contributed by atoms with Gasteiger partial charge in [-0.1, -0.05) is 84.4 Å². The van der Waals surface area contributed by atoms with Crippen LogP contribution in [0.25, 0.3) is 6.08 Å². The first-order chi connectivity index (χ1) is 15.6. The van der Waals surface area contributed by atoms with Gasteiger partial charge in [-0.25, -0.2) is 0 Å². The van der Waals surface area contributed by atoms with Crippen molar-refractivity contribution >= 4 is 29.1 Å². The molecule has 0 bridgehead atoms. The summed E-state index contributed by atoms with van der Waals surface area (Å²) < 4.78 is 0. The van der Waals surface area contributed by atoms with Crippen molar-refractivity contribution in [2.24, 2.45) is 5.41 Å². The maximum Gasteiger partial charge on any atom is 0.185 e. The molecule has 0 saturated carbocycles. The molecule has 2 aliphatic heterocycles. The highest BCUT2D eigenvalue weighted by atomic mass is 35.5. The molecule has 2 aliphatic rings. The van der Waals surface area contributed by atoms with Gasteiger partial charge < -0.3 is 4.90 Å². The zero-order chi connectivity index (χ0) is 22.3. The number of ketones is 1. The first kappa shape index (κ1) is 20.1. The number of Topliss-reactive ketones (excluding diaryl/α,β-unsaturated/α-hetero) is 1. The average molecular weight is 436 g/mol. The second-order valence-electron chi connectivity index (χ2n) is 8.07. The predicted molar refractivity (Wildman–Crippen MR) is 124 cm³/mol. The Balaban J connectivity index is 1.79. The Labute approximate surface area is 191 Å². The van der Waals surface area contributed by atoms with Crippen molar-refractivity contribution in [1.29, 1.82) is 10.5 Å². The Morgan fingerprint density at radius 2 is 1.59 bits per heavy atom. The summed E-state index contributed by atoms with van der Waals surface area (Å²) in [5, 5.41) is 21.4. The fourth-order valence-electron chi connectivity index (χ4n) is 5.07. The minimum Gasteiger partial charge on any atom is -0.351 e. The molecule has 1 saturated heterocycles. The molecule has 0 aromatic heterocycles. The summed E-state index contributed by atoms with van der Waals surface area (Å²) in [5.74, 6) is -0.754. The maximum absolute atomic E-state index is 14.0. The second kappa shape index (κ2) is 7.68. The van der Waals surface area contributed by atoms with Gasteiger partial charge in [0.2, 0.25) is 0 Å². The van der Waals surface area contributed by atoms with Gasteiger partial charge in [-0.05, 0) is 29.3 Å². The van der Waals surface area contributed by atoms with E-state index in [0.717, 1.165) is 16.8 Å². The molecule has 0 spiro atoms. The van der Waals surface area contributed by atoms with E-state index in [9.17, 15) is 15.3 Å². The van der Waals surface area contributed by atoms with E-state index in [0.29, 0.717) is 10.6 Å². The van der Waals surface area contributed by atoms with Crippen molar-refractivity contribution in [3.05, 3.63) is 107 Å². The molecular formula is C27H18ClN3O. The first-order valence-electron chi connectivity index (χ1n) is 10.3. The molecule has 4 nitrogen and oxygen atoms in total. The van der Waals surface area contributed by atoms with Crippen molar-refractivity contribution in [1.82, 2.24) is 0 Å². The maximum atomic E-state index is 14.0. The molecular weight excluding hydrogens is 418 g/mol. The number of hydrogen-bond acceptors (Lipinski definition) is 4. The Morgan fingerprint density at radius 1 is 0.938 bits per heavy atom. The van der Waals surface area contributed by atoms with Gasteiger partial charge in [-0.15, -0.1) is 0 Å². The third kappa shape index (κ3) is 2.85. The smallest absolute Gasteiger partial charge is 0.185 e. The minimum atomic E-state index is -1.44. The van der Waals surface area contributed by atoms with Crippen LogP contribution in [0.2, 0.25) is 5.02 Å². The number of anilines is 1. The largest absolute Gasteiger partial charge is 0.351 e. The van der Waals surface area contributed by atoms with Gasteiger partial charge in [0.05, 0.1) is 18.2 Å². The molecule has 0 radical (unpaired) electrons. The second-order valence-corrected chi connectivity index (χ2v) is 8.51. The molecule has 0 unspecified atom stereocenters. The SMILES string of the molecule is N#CC1(C#N)[C@@H]2C=Cc3cc(Cl)ccc3N2[C@@H](C(=O)c2ccccc2)[C@@H]1c1ccccc1. The van der Waals surface area contributed by atoms with Gasteiger partial charge in [0.1, 0.15) is 6.04 Å². The summed E-state index contributed by atoms with van der Waals surface area (Å²) in [6, 6.07) is 27.3. The number of carbonyl (C=O) groups is 1. The summed E-state index contributed by atoms with van der Waals surface area (Å²) in [6.45, 7) is 0. The first-order valence-corrected chi connectivity index (χ1v) is 10.7. The number of nitriles is 2. The van der Waals surface area contributed by atoms with Crippen molar-refractivity contribution in [3.63, 3.8) is 0 Å². The van der Waals surface area contributed by atoms with Crippen LogP contribution in [-0.4, -0.2) is 17.9 Å². The number of halogens is 1. The molecule has 0 N–H and O–H groups in total. The number of fused-ring (bicyclic) bond motifs is 3. The van der Waals surface area contributed by atoms with E-state index in [2.05, 4.69) is 12.1 Å². The number of nitrogens with zero attached hydrogens (tertiary/aromatic N) is 3. The topological polar surface area (TPSA) is 67.9 Å². The van der Waals surface area contributed by atoms with Crippen LogP contribution < -0.4 is 4.90 Å². The fourth-order valence-corrected chi connectivity index (χ4v) is 5.25. The summed E-state index contributed by atoms with van der Waals surface area (Å²) >= 11 is 6.23.